The number of benzene rings is 1. The Kier molecular flexibility index (Phi) is 4.00. The van der Waals surface area contributed by atoms with Crippen molar-refractivity contribution in [3.05, 3.63) is 51.7 Å². The molecule has 0 aliphatic carbocycles. The third-order valence-electron chi connectivity index (χ3n) is 2.29. The van der Waals surface area contributed by atoms with E-state index in [1.54, 1.807) is 0 Å². The summed E-state index contributed by atoms with van der Waals surface area (Å²) in [4.78, 5) is 16.2. The number of aromatic nitrogens is 2. The zero-order chi connectivity index (χ0) is 15.6. The van der Waals surface area contributed by atoms with Crippen LogP contribution in [-0.4, -0.2) is 23.3 Å². The summed E-state index contributed by atoms with van der Waals surface area (Å²) in [6.45, 7) is 0. The summed E-state index contributed by atoms with van der Waals surface area (Å²) < 4.78 is 39.5. The first kappa shape index (κ1) is 15.1. The van der Waals surface area contributed by atoms with Crippen molar-refractivity contribution in [2.24, 2.45) is 0 Å². The lowest BCUT2D eigenvalue weighted by molar-refractivity contribution is -0.387. The second-order valence-electron chi connectivity index (χ2n) is 3.69. The van der Waals surface area contributed by atoms with E-state index in [-0.39, 0.29) is 11.1 Å². The van der Waals surface area contributed by atoms with Crippen LogP contribution in [0.1, 0.15) is 0 Å². The van der Waals surface area contributed by atoms with Gasteiger partial charge < -0.3 is 0 Å². The molecule has 0 spiro atoms. The second kappa shape index (κ2) is 5.58. The maximum absolute atomic E-state index is 13.5. The topological polar surface area (TPSA) is 115 Å². The molecule has 21 heavy (non-hydrogen) atoms. The van der Waals surface area contributed by atoms with E-state index in [1.165, 1.54) is 12.3 Å². The lowest BCUT2D eigenvalue weighted by Crippen LogP contribution is -2.14. The molecule has 0 fully saturated rings. The van der Waals surface area contributed by atoms with Crippen LogP contribution >= 0.6 is 11.6 Å². The van der Waals surface area contributed by atoms with Crippen LogP contribution in [0.4, 0.5) is 15.9 Å². The molecule has 2 aromatic rings. The summed E-state index contributed by atoms with van der Waals surface area (Å²) in [6, 6.07) is 3.46. The Bertz CT molecular complexity index is 814. The molecule has 2 rings (SSSR count). The number of hydrogen-bond donors (Lipinski definition) is 1. The number of nitrogens with zero attached hydrogens (tertiary/aromatic N) is 3. The van der Waals surface area contributed by atoms with E-state index in [9.17, 15) is 22.9 Å². The van der Waals surface area contributed by atoms with Crippen molar-refractivity contribution < 1.29 is 17.7 Å². The maximum atomic E-state index is 13.5. The van der Waals surface area contributed by atoms with Gasteiger partial charge in [-0.3, -0.25) is 14.8 Å². The first-order chi connectivity index (χ1) is 9.79. The van der Waals surface area contributed by atoms with E-state index in [1.807, 2.05) is 0 Å². The summed E-state index contributed by atoms with van der Waals surface area (Å²) in [7, 11) is -4.16. The van der Waals surface area contributed by atoms with Gasteiger partial charge in [-0.2, -0.15) is 9.37 Å². The van der Waals surface area contributed by atoms with E-state index >= 15 is 0 Å². The summed E-state index contributed by atoms with van der Waals surface area (Å²) in [6.07, 6.45) is 1.23. The lowest BCUT2D eigenvalue weighted by atomic mass is 10.3. The maximum Gasteiger partial charge on any atom is 0.304 e. The number of nitro benzene ring substituents is 1. The predicted molar refractivity (Wildman–Crippen MR) is 70.9 cm³/mol. The van der Waals surface area contributed by atoms with Gasteiger partial charge >= 0.3 is 5.69 Å². The van der Waals surface area contributed by atoms with Crippen molar-refractivity contribution in [3.63, 3.8) is 0 Å². The SMILES string of the molecule is O=[N+]([O-])c1ccc(S(=O)(=O)Nc2ccnc(Cl)n2)cc1F. The number of sulfonamides is 1. The Hall–Kier alpha value is -2.33. The largest absolute Gasteiger partial charge is 0.304 e. The van der Waals surface area contributed by atoms with Crippen molar-refractivity contribution in [3.8, 4) is 0 Å². The van der Waals surface area contributed by atoms with Crippen molar-refractivity contribution in [1.29, 1.82) is 0 Å². The van der Waals surface area contributed by atoms with Crippen molar-refractivity contribution in [1.82, 2.24) is 9.97 Å². The van der Waals surface area contributed by atoms with Crippen molar-refractivity contribution >= 4 is 33.1 Å². The third kappa shape index (κ3) is 3.41. The van der Waals surface area contributed by atoms with Gasteiger partial charge in [0.05, 0.1) is 9.82 Å². The van der Waals surface area contributed by atoms with Crippen LogP contribution in [-0.2, 0) is 10.0 Å². The first-order valence-corrected chi connectivity index (χ1v) is 7.11. The monoisotopic (exact) mass is 332 g/mol. The average molecular weight is 333 g/mol. The molecule has 0 atom stereocenters. The molecule has 11 heteroatoms. The molecule has 0 bridgehead atoms. The zero-order valence-corrected chi connectivity index (χ0v) is 11.6. The number of nitro groups is 1. The van der Waals surface area contributed by atoms with Crippen LogP contribution in [0.15, 0.2) is 35.4 Å². The minimum atomic E-state index is -4.16. The Labute approximate surface area is 122 Å². The van der Waals surface area contributed by atoms with Gasteiger partial charge in [-0.25, -0.2) is 13.4 Å². The fourth-order valence-corrected chi connectivity index (χ4v) is 2.55. The molecule has 8 nitrogen and oxygen atoms in total. The Morgan fingerprint density at radius 2 is 2.05 bits per heavy atom. The second-order valence-corrected chi connectivity index (χ2v) is 5.71. The van der Waals surface area contributed by atoms with Crippen LogP contribution < -0.4 is 4.72 Å². The molecule has 110 valence electrons. The zero-order valence-electron chi connectivity index (χ0n) is 10.0. The third-order valence-corrected chi connectivity index (χ3v) is 3.83. The van der Waals surface area contributed by atoms with E-state index < -0.39 is 31.3 Å². The smallest absolute Gasteiger partial charge is 0.263 e. The number of halogens is 2. The normalized spacial score (nSPS) is 11.1. The fraction of sp³-hybridized carbons (Fsp3) is 0. The van der Waals surface area contributed by atoms with Gasteiger partial charge in [-0.1, -0.05) is 0 Å². The molecule has 0 unspecified atom stereocenters. The fourth-order valence-electron chi connectivity index (χ4n) is 1.39. The highest BCUT2D eigenvalue weighted by Gasteiger charge is 2.21. The van der Waals surface area contributed by atoms with Crippen LogP contribution in [0.3, 0.4) is 0 Å². The van der Waals surface area contributed by atoms with Gasteiger partial charge in [-0.05, 0) is 23.7 Å². The number of rotatable bonds is 4. The molecule has 1 heterocycles. The highest BCUT2D eigenvalue weighted by Crippen LogP contribution is 2.22. The van der Waals surface area contributed by atoms with Gasteiger partial charge in [0.15, 0.2) is 0 Å². The van der Waals surface area contributed by atoms with Crippen LogP contribution in [0.2, 0.25) is 5.28 Å². The molecular formula is C10H6ClFN4O4S. The van der Waals surface area contributed by atoms with E-state index in [4.69, 9.17) is 11.6 Å². The summed E-state index contributed by atoms with van der Waals surface area (Å²) >= 11 is 5.51. The minimum Gasteiger partial charge on any atom is -0.263 e. The van der Waals surface area contributed by atoms with Gasteiger partial charge in [0, 0.05) is 18.3 Å². The standard InChI is InChI=1S/C10H6ClFN4O4S/c11-10-13-4-3-9(14-10)15-21(19,20)6-1-2-8(16(17)18)7(12)5-6/h1-5H,(H,13,14,15). The first-order valence-electron chi connectivity index (χ1n) is 5.25. The molecule has 1 N–H and O–H groups in total. The molecule has 0 radical (unpaired) electrons. The van der Waals surface area contributed by atoms with Crippen molar-refractivity contribution in [2.75, 3.05) is 4.72 Å². The van der Waals surface area contributed by atoms with Crippen LogP contribution in [0.25, 0.3) is 0 Å². The number of anilines is 1. The minimum absolute atomic E-state index is 0.117. The molecule has 0 saturated carbocycles. The average Bonchev–Trinajstić information content (AvgIpc) is 2.37. The number of hydrogen-bond acceptors (Lipinski definition) is 6. The van der Waals surface area contributed by atoms with Crippen LogP contribution in [0, 0.1) is 15.9 Å². The Morgan fingerprint density at radius 1 is 1.33 bits per heavy atom. The molecule has 0 saturated heterocycles. The quantitative estimate of drug-likeness (QED) is 0.520. The van der Waals surface area contributed by atoms with Gasteiger partial charge in [0.1, 0.15) is 5.82 Å². The molecule has 0 aliphatic heterocycles. The molecule has 1 aromatic carbocycles. The Balaban J connectivity index is 2.36. The predicted octanol–water partition coefficient (Wildman–Crippen LogP) is 1.98. The number of nitrogens with one attached hydrogen (secondary N) is 1. The molecule has 1 aromatic heterocycles. The summed E-state index contributed by atoms with van der Waals surface area (Å²) in [5.74, 6) is -1.38. The van der Waals surface area contributed by atoms with E-state index in [2.05, 4.69) is 14.7 Å². The highest BCUT2D eigenvalue weighted by molar-refractivity contribution is 7.92. The van der Waals surface area contributed by atoms with E-state index in [0.29, 0.717) is 6.07 Å². The molecule has 0 aliphatic rings. The lowest BCUT2D eigenvalue weighted by Gasteiger charge is -2.07. The van der Waals surface area contributed by atoms with Gasteiger partial charge in [-0.15, -0.1) is 0 Å². The van der Waals surface area contributed by atoms with Gasteiger partial charge in [0.25, 0.3) is 10.0 Å². The highest BCUT2D eigenvalue weighted by atomic mass is 35.5. The molecule has 0 amide bonds. The van der Waals surface area contributed by atoms with E-state index in [0.717, 1.165) is 12.1 Å². The van der Waals surface area contributed by atoms with Crippen LogP contribution in [0.5, 0.6) is 0 Å². The summed E-state index contributed by atoms with van der Waals surface area (Å²) in [5, 5.41) is 10.3. The molecular weight excluding hydrogens is 327 g/mol. The Morgan fingerprint density at radius 3 is 2.62 bits per heavy atom. The summed E-state index contributed by atoms with van der Waals surface area (Å²) in [5.41, 5.74) is -0.820. The van der Waals surface area contributed by atoms with Crippen molar-refractivity contribution in [2.45, 2.75) is 4.90 Å². The van der Waals surface area contributed by atoms with Gasteiger partial charge in [0.2, 0.25) is 11.1 Å².